The molecule has 6 nitrogen and oxygen atoms in total. The van der Waals surface area contributed by atoms with Gasteiger partial charge in [0.05, 0.1) is 5.69 Å². The Kier molecular flexibility index (Phi) is 5.38. The lowest BCUT2D eigenvalue weighted by molar-refractivity contribution is -0.134. The maximum Gasteiger partial charge on any atom is 0.260 e. The lowest BCUT2D eigenvalue weighted by atomic mass is 9.93. The van der Waals surface area contributed by atoms with Crippen molar-refractivity contribution in [2.75, 3.05) is 19.7 Å². The van der Waals surface area contributed by atoms with E-state index in [4.69, 9.17) is 16.3 Å². The maximum atomic E-state index is 12.3. The summed E-state index contributed by atoms with van der Waals surface area (Å²) in [5, 5.41) is 0.575. The number of nitrogens with zero attached hydrogens (tertiary/aromatic N) is 2. The Hall–Kier alpha value is -2.34. The molecular formula is C18H20ClN3O3. The van der Waals surface area contributed by atoms with E-state index in [1.165, 1.54) is 0 Å². The number of halogens is 1. The standard InChI is InChI=1S/C18H20ClN3O3/c1-12-20-16(10-17(23)21-12)13-5-7-22(8-6-13)18(24)11-25-15-4-2-3-14(19)9-15/h2-4,9-10,13H,5-8,11H2,1H3,(H,20,21,23). The molecule has 2 heterocycles. The second kappa shape index (κ2) is 7.70. The van der Waals surface area contributed by atoms with Gasteiger partial charge in [0.25, 0.3) is 11.5 Å². The van der Waals surface area contributed by atoms with Crippen LogP contribution >= 0.6 is 11.6 Å². The lowest BCUT2D eigenvalue weighted by Crippen LogP contribution is -2.40. The van der Waals surface area contributed by atoms with Crippen LogP contribution in [0.1, 0.15) is 30.3 Å². The molecule has 0 spiro atoms. The number of carbonyl (C=O) groups excluding carboxylic acids is 1. The molecule has 7 heteroatoms. The summed E-state index contributed by atoms with van der Waals surface area (Å²) in [4.78, 5) is 32.8. The highest BCUT2D eigenvalue weighted by atomic mass is 35.5. The summed E-state index contributed by atoms with van der Waals surface area (Å²) >= 11 is 5.90. The van der Waals surface area contributed by atoms with Gasteiger partial charge in [-0.15, -0.1) is 0 Å². The predicted octanol–water partition coefficient (Wildman–Crippen LogP) is 2.52. The van der Waals surface area contributed by atoms with Crippen LogP contribution in [0.25, 0.3) is 0 Å². The molecule has 0 saturated carbocycles. The van der Waals surface area contributed by atoms with E-state index < -0.39 is 0 Å². The quantitative estimate of drug-likeness (QED) is 0.907. The zero-order chi connectivity index (χ0) is 17.8. The number of aromatic nitrogens is 2. The molecule has 1 aliphatic rings. The number of aryl methyl sites for hydroxylation is 1. The highest BCUT2D eigenvalue weighted by molar-refractivity contribution is 6.30. The van der Waals surface area contributed by atoms with Crippen LogP contribution in [0.5, 0.6) is 5.75 Å². The second-order valence-corrected chi connectivity index (χ2v) is 6.59. The second-order valence-electron chi connectivity index (χ2n) is 6.16. The van der Waals surface area contributed by atoms with Gasteiger partial charge in [0.15, 0.2) is 6.61 Å². The van der Waals surface area contributed by atoms with E-state index in [-0.39, 0.29) is 24.0 Å². The van der Waals surface area contributed by atoms with E-state index in [9.17, 15) is 9.59 Å². The molecule has 1 fully saturated rings. The number of ether oxygens (including phenoxy) is 1. The molecule has 1 amide bonds. The minimum absolute atomic E-state index is 0.00658. The number of aromatic amines is 1. The molecule has 2 aromatic rings. The van der Waals surface area contributed by atoms with Gasteiger partial charge in [-0.2, -0.15) is 0 Å². The minimum Gasteiger partial charge on any atom is -0.484 e. The van der Waals surface area contributed by atoms with Gasteiger partial charge in [0.1, 0.15) is 11.6 Å². The topological polar surface area (TPSA) is 75.3 Å². The van der Waals surface area contributed by atoms with Crippen molar-refractivity contribution >= 4 is 17.5 Å². The Bertz CT molecular complexity index is 813. The first kappa shape index (κ1) is 17.5. The fourth-order valence-electron chi connectivity index (χ4n) is 3.03. The van der Waals surface area contributed by atoms with Crippen LogP contribution in [0.3, 0.4) is 0 Å². The summed E-state index contributed by atoms with van der Waals surface area (Å²) in [6.07, 6.45) is 1.58. The van der Waals surface area contributed by atoms with Crippen molar-refractivity contribution in [2.24, 2.45) is 0 Å². The smallest absolute Gasteiger partial charge is 0.260 e. The highest BCUT2D eigenvalue weighted by Crippen LogP contribution is 2.26. The summed E-state index contributed by atoms with van der Waals surface area (Å²) < 4.78 is 5.51. The Morgan fingerprint density at radius 1 is 1.36 bits per heavy atom. The summed E-state index contributed by atoms with van der Waals surface area (Å²) in [5.74, 6) is 1.36. The van der Waals surface area contributed by atoms with E-state index in [0.717, 1.165) is 18.5 Å². The molecule has 1 aromatic heterocycles. The van der Waals surface area contributed by atoms with Crippen molar-refractivity contribution in [3.63, 3.8) is 0 Å². The number of nitrogens with one attached hydrogen (secondary N) is 1. The zero-order valence-corrected chi connectivity index (χ0v) is 14.8. The number of piperidine rings is 1. The number of benzene rings is 1. The van der Waals surface area contributed by atoms with Crippen molar-refractivity contribution in [3.05, 3.63) is 57.2 Å². The predicted molar refractivity (Wildman–Crippen MR) is 95.1 cm³/mol. The molecule has 25 heavy (non-hydrogen) atoms. The van der Waals surface area contributed by atoms with Crippen LogP contribution in [0.15, 0.2) is 35.1 Å². The van der Waals surface area contributed by atoms with Gasteiger partial charge < -0.3 is 14.6 Å². The van der Waals surface area contributed by atoms with Gasteiger partial charge in [0, 0.05) is 30.1 Å². The SMILES string of the molecule is Cc1nc(C2CCN(C(=O)COc3cccc(Cl)c3)CC2)cc(=O)[nH]1. The third-order valence-corrected chi connectivity index (χ3v) is 4.54. The molecule has 1 aromatic carbocycles. The summed E-state index contributed by atoms with van der Waals surface area (Å²) in [6.45, 7) is 3.04. The number of rotatable bonds is 4. The van der Waals surface area contributed by atoms with Gasteiger partial charge in [-0.25, -0.2) is 4.98 Å². The molecule has 0 unspecified atom stereocenters. The number of amides is 1. The van der Waals surface area contributed by atoms with E-state index in [0.29, 0.717) is 29.7 Å². The van der Waals surface area contributed by atoms with Crippen LogP contribution in [-0.2, 0) is 4.79 Å². The maximum absolute atomic E-state index is 12.3. The van der Waals surface area contributed by atoms with Crippen molar-refractivity contribution in [2.45, 2.75) is 25.7 Å². The highest BCUT2D eigenvalue weighted by Gasteiger charge is 2.25. The first-order valence-corrected chi connectivity index (χ1v) is 8.63. The first-order valence-electron chi connectivity index (χ1n) is 8.25. The van der Waals surface area contributed by atoms with E-state index >= 15 is 0 Å². The third kappa shape index (κ3) is 4.60. The van der Waals surface area contributed by atoms with Gasteiger partial charge in [0.2, 0.25) is 0 Å². The van der Waals surface area contributed by atoms with E-state index in [2.05, 4.69) is 9.97 Å². The van der Waals surface area contributed by atoms with Crippen molar-refractivity contribution in [3.8, 4) is 5.75 Å². The van der Waals surface area contributed by atoms with Crippen molar-refractivity contribution < 1.29 is 9.53 Å². The average Bonchev–Trinajstić information content (AvgIpc) is 2.59. The summed E-state index contributed by atoms with van der Waals surface area (Å²) in [6, 6.07) is 8.54. The fourth-order valence-corrected chi connectivity index (χ4v) is 3.21. The number of likely N-dealkylation sites (tertiary alicyclic amines) is 1. The van der Waals surface area contributed by atoms with Gasteiger partial charge in [-0.05, 0) is 38.0 Å². The zero-order valence-electron chi connectivity index (χ0n) is 14.0. The normalized spacial score (nSPS) is 15.2. The van der Waals surface area contributed by atoms with Crippen molar-refractivity contribution in [1.82, 2.24) is 14.9 Å². The Morgan fingerprint density at radius 2 is 2.12 bits per heavy atom. The first-order chi connectivity index (χ1) is 12.0. The third-order valence-electron chi connectivity index (χ3n) is 4.30. The molecule has 0 radical (unpaired) electrons. The van der Waals surface area contributed by atoms with Crippen molar-refractivity contribution in [1.29, 1.82) is 0 Å². The summed E-state index contributed by atoms with van der Waals surface area (Å²) in [5.41, 5.74) is 0.680. The molecule has 1 saturated heterocycles. The number of hydrogen-bond acceptors (Lipinski definition) is 4. The van der Waals surface area contributed by atoms with Gasteiger partial charge >= 0.3 is 0 Å². The molecule has 0 aliphatic carbocycles. The van der Waals surface area contributed by atoms with Crippen LogP contribution in [-0.4, -0.2) is 40.5 Å². The van der Waals surface area contributed by atoms with Gasteiger partial charge in [-0.1, -0.05) is 17.7 Å². The average molecular weight is 362 g/mol. The van der Waals surface area contributed by atoms with Crippen LogP contribution in [0.2, 0.25) is 5.02 Å². The largest absolute Gasteiger partial charge is 0.484 e. The molecule has 3 rings (SSSR count). The molecule has 0 bridgehead atoms. The molecule has 132 valence electrons. The summed E-state index contributed by atoms with van der Waals surface area (Å²) in [7, 11) is 0. The van der Waals surface area contributed by atoms with Crippen LogP contribution in [0.4, 0.5) is 0 Å². The fraction of sp³-hybridized carbons (Fsp3) is 0.389. The minimum atomic E-state index is -0.129. The number of hydrogen-bond donors (Lipinski definition) is 1. The van der Waals surface area contributed by atoms with Crippen LogP contribution in [0, 0.1) is 6.92 Å². The van der Waals surface area contributed by atoms with Gasteiger partial charge in [-0.3, -0.25) is 9.59 Å². The monoisotopic (exact) mass is 361 g/mol. The van der Waals surface area contributed by atoms with E-state index in [1.54, 1.807) is 42.2 Å². The Labute approximate surface area is 150 Å². The Balaban J connectivity index is 1.53. The molecule has 1 aliphatic heterocycles. The number of carbonyl (C=O) groups is 1. The molecular weight excluding hydrogens is 342 g/mol. The molecule has 1 N–H and O–H groups in total. The Morgan fingerprint density at radius 3 is 2.80 bits per heavy atom. The lowest BCUT2D eigenvalue weighted by Gasteiger charge is -2.31. The van der Waals surface area contributed by atoms with Crippen LogP contribution < -0.4 is 10.3 Å². The molecule has 0 atom stereocenters. The number of H-pyrrole nitrogens is 1. The van der Waals surface area contributed by atoms with E-state index in [1.807, 2.05) is 0 Å².